The quantitative estimate of drug-likeness (QED) is 0.199. The van der Waals surface area contributed by atoms with Gasteiger partial charge in [0.25, 0.3) is 0 Å². The largest absolute Gasteiger partial charge is 0.310 e. The monoisotopic (exact) mass is 614 g/mol. The van der Waals surface area contributed by atoms with Gasteiger partial charge in [-0.2, -0.15) is 5.26 Å². The van der Waals surface area contributed by atoms with Crippen molar-refractivity contribution in [2.45, 2.75) is 34.5 Å². The first-order valence-corrected chi connectivity index (χ1v) is 16.8. The van der Waals surface area contributed by atoms with Crippen molar-refractivity contribution in [1.82, 2.24) is 0 Å². The van der Waals surface area contributed by atoms with Gasteiger partial charge >= 0.3 is 0 Å². The normalized spacial score (nSPS) is 16.2. The number of nitriles is 1. The van der Waals surface area contributed by atoms with Crippen LogP contribution in [0.15, 0.2) is 155 Å². The lowest BCUT2D eigenvalue weighted by atomic mass is 9.63. The van der Waals surface area contributed by atoms with Crippen LogP contribution in [-0.2, 0) is 20.7 Å². The number of fused-ring (bicyclic) bond motifs is 4. The van der Waals surface area contributed by atoms with Crippen molar-refractivity contribution in [2.24, 2.45) is 0 Å². The van der Waals surface area contributed by atoms with Crippen molar-refractivity contribution in [1.29, 1.82) is 5.26 Å². The summed E-state index contributed by atoms with van der Waals surface area (Å²) < 4.78 is 28.3. The topological polar surface area (TPSA) is 61.2 Å². The van der Waals surface area contributed by atoms with Crippen LogP contribution in [0, 0.1) is 11.3 Å². The molecule has 0 aromatic heterocycles. The second kappa shape index (κ2) is 10.0. The van der Waals surface area contributed by atoms with Crippen molar-refractivity contribution in [3.05, 3.63) is 185 Å². The summed E-state index contributed by atoms with van der Waals surface area (Å²) in [5.74, 6) is 0. The number of rotatable bonds is 3. The maximum absolute atomic E-state index is 14.1. The molecule has 0 atom stereocenters. The van der Waals surface area contributed by atoms with Crippen molar-refractivity contribution in [3.8, 4) is 6.07 Å². The number of nitrogens with zero attached hydrogens (tertiary/aromatic N) is 2. The van der Waals surface area contributed by atoms with Gasteiger partial charge < -0.3 is 4.90 Å². The molecule has 0 saturated carbocycles. The molecular weight excluding hydrogens is 585 g/mol. The third kappa shape index (κ3) is 3.74. The average molecular weight is 615 g/mol. The van der Waals surface area contributed by atoms with Gasteiger partial charge in [-0.05, 0) is 81.9 Å². The van der Waals surface area contributed by atoms with Gasteiger partial charge in [-0.1, -0.05) is 111 Å². The molecule has 0 fully saturated rings. The summed E-state index contributed by atoms with van der Waals surface area (Å²) in [7, 11) is -3.76. The first-order chi connectivity index (χ1) is 22.3. The zero-order chi connectivity index (χ0) is 31.7. The van der Waals surface area contributed by atoms with Gasteiger partial charge in [-0.3, -0.25) is 0 Å². The van der Waals surface area contributed by atoms with Gasteiger partial charge in [0.05, 0.1) is 38.2 Å². The Bertz CT molecular complexity index is 2270. The highest BCUT2D eigenvalue weighted by atomic mass is 32.2. The second-order valence-electron chi connectivity index (χ2n) is 12.5. The van der Waals surface area contributed by atoms with Crippen LogP contribution in [0.5, 0.6) is 0 Å². The third-order valence-electron chi connectivity index (χ3n) is 9.77. The molecule has 2 aliphatic heterocycles. The lowest BCUT2D eigenvalue weighted by Crippen LogP contribution is -2.38. The summed E-state index contributed by atoms with van der Waals surface area (Å²) >= 11 is 0. The van der Waals surface area contributed by atoms with Gasteiger partial charge in [0.15, 0.2) is 0 Å². The highest BCUT2D eigenvalue weighted by molar-refractivity contribution is 7.91. The molecule has 0 amide bonds. The van der Waals surface area contributed by atoms with Crippen molar-refractivity contribution >= 4 is 26.9 Å². The van der Waals surface area contributed by atoms with E-state index in [0.717, 1.165) is 50.4 Å². The summed E-state index contributed by atoms with van der Waals surface area (Å²) in [6.45, 7) is 4.42. The van der Waals surface area contributed by atoms with Crippen LogP contribution in [0.3, 0.4) is 0 Å². The SMILES string of the molecule is CC1(C)c2cc(C#N)ccc2N(c2ccccc2)c2ccc(C3(c4ccccc4)c4ccccc4S(=O)(=O)c4ccccc43)cc21. The smallest absolute Gasteiger partial charge is 0.207 e. The highest BCUT2D eigenvalue weighted by Crippen LogP contribution is 2.57. The van der Waals surface area contributed by atoms with Crippen molar-refractivity contribution in [2.75, 3.05) is 4.90 Å². The Morgan fingerprint density at radius 3 is 1.70 bits per heavy atom. The van der Waals surface area contributed by atoms with Gasteiger partial charge in [0.2, 0.25) is 9.84 Å². The molecule has 0 aliphatic carbocycles. The molecule has 0 bridgehead atoms. The average Bonchev–Trinajstić information content (AvgIpc) is 3.10. The van der Waals surface area contributed by atoms with Gasteiger partial charge in [-0.15, -0.1) is 0 Å². The number of hydrogen-bond acceptors (Lipinski definition) is 4. The van der Waals surface area contributed by atoms with E-state index in [1.807, 2.05) is 78.9 Å². The van der Waals surface area contributed by atoms with E-state index < -0.39 is 20.7 Å². The summed E-state index contributed by atoms with van der Waals surface area (Å²) in [4.78, 5) is 2.91. The number of anilines is 3. The minimum absolute atomic E-state index is 0.324. The number of para-hydroxylation sites is 1. The van der Waals surface area contributed by atoms with Crippen LogP contribution in [0.25, 0.3) is 0 Å². The van der Waals surface area contributed by atoms with Crippen LogP contribution < -0.4 is 4.90 Å². The molecule has 0 radical (unpaired) electrons. The molecule has 0 saturated heterocycles. The standard InChI is InChI=1S/C41H30N2O2S/c1-40(2)34-25-28(27-42)21-23-36(34)43(31-15-7-4-8-16-31)37-24-22-30(26-35(37)40)41(29-13-5-3-6-14-29)32-17-9-11-19-38(32)46(44,45)39-20-12-10-18-33(39)41/h3-26H,1-2H3. The number of benzene rings is 6. The first kappa shape index (κ1) is 28.1. The molecule has 2 heterocycles. The summed E-state index contributed by atoms with van der Waals surface area (Å²) in [5.41, 5.74) is 7.93. The van der Waals surface area contributed by atoms with Crippen LogP contribution in [0.2, 0.25) is 0 Å². The molecule has 8 rings (SSSR count). The number of hydrogen-bond donors (Lipinski definition) is 0. The fourth-order valence-corrected chi connectivity index (χ4v) is 9.43. The minimum atomic E-state index is -3.76. The Hall–Kier alpha value is -5.44. The fraction of sp³-hybridized carbons (Fsp3) is 0.0976. The highest BCUT2D eigenvalue weighted by Gasteiger charge is 2.49. The maximum atomic E-state index is 14.1. The molecular formula is C41H30N2O2S. The minimum Gasteiger partial charge on any atom is -0.310 e. The van der Waals surface area contributed by atoms with Crippen molar-refractivity contribution < 1.29 is 8.42 Å². The van der Waals surface area contributed by atoms with Crippen LogP contribution in [0.1, 0.15) is 52.8 Å². The van der Waals surface area contributed by atoms with E-state index in [9.17, 15) is 13.7 Å². The van der Waals surface area contributed by atoms with Gasteiger partial charge in [-0.25, -0.2) is 8.42 Å². The van der Waals surface area contributed by atoms with E-state index in [1.165, 1.54) is 0 Å². The number of sulfone groups is 1. The Kier molecular flexibility index (Phi) is 6.12. The molecule has 6 aromatic rings. The van der Waals surface area contributed by atoms with Crippen LogP contribution in [0.4, 0.5) is 17.1 Å². The van der Waals surface area contributed by atoms with E-state index in [0.29, 0.717) is 15.4 Å². The first-order valence-electron chi connectivity index (χ1n) is 15.3. The molecule has 0 spiro atoms. The lowest BCUT2D eigenvalue weighted by Gasteiger charge is -2.45. The van der Waals surface area contributed by atoms with E-state index in [4.69, 9.17) is 0 Å². The Morgan fingerprint density at radius 2 is 1.09 bits per heavy atom. The van der Waals surface area contributed by atoms with E-state index in [1.54, 1.807) is 24.3 Å². The lowest BCUT2D eigenvalue weighted by molar-refractivity contribution is 0.577. The molecule has 6 aromatic carbocycles. The summed E-state index contributed by atoms with van der Waals surface area (Å²) in [5, 5.41) is 9.88. The molecule has 222 valence electrons. The third-order valence-corrected chi connectivity index (χ3v) is 11.6. The van der Waals surface area contributed by atoms with Gasteiger partial charge in [0.1, 0.15) is 0 Å². The Morgan fingerprint density at radius 1 is 0.565 bits per heavy atom. The van der Waals surface area contributed by atoms with Gasteiger partial charge in [0, 0.05) is 11.1 Å². The predicted octanol–water partition coefficient (Wildman–Crippen LogP) is 9.20. The Labute approximate surface area is 269 Å². The van der Waals surface area contributed by atoms with E-state index >= 15 is 0 Å². The fourth-order valence-electron chi connectivity index (χ4n) is 7.66. The summed E-state index contributed by atoms with van der Waals surface area (Å²) in [6.07, 6.45) is 0. The van der Waals surface area contributed by atoms with Crippen LogP contribution in [-0.4, -0.2) is 8.42 Å². The predicted molar refractivity (Wildman–Crippen MR) is 182 cm³/mol. The second-order valence-corrected chi connectivity index (χ2v) is 14.4. The molecule has 4 nitrogen and oxygen atoms in total. The zero-order valence-corrected chi connectivity index (χ0v) is 26.3. The summed E-state index contributed by atoms with van der Waals surface area (Å²) in [6, 6.07) is 50.2. The molecule has 0 N–H and O–H groups in total. The Balaban J connectivity index is 1.50. The van der Waals surface area contributed by atoms with Crippen LogP contribution >= 0.6 is 0 Å². The van der Waals surface area contributed by atoms with Crippen molar-refractivity contribution in [3.63, 3.8) is 0 Å². The molecule has 0 unspecified atom stereocenters. The molecule has 46 heavy (non-hydrogen) atoms. The molecule has 2 aliphatic rings. The zero-order valence-electron chi connectivity index (χ0n) is 25.5. The van der Waals surface area contributed by atoms with E-state index in [-0.39, 0.29) is 0 Å². The maximum Gasteiger partial charge on any atom is 0.207 e. The molecule has 5 heteroatoms. The van der Waals surface area contributed by atoms with E-state index in [2.05, 4.69) is 67.3 Å².